The summed E-state index contributed by atoms with van der Waals surface area (Å²) in [5.74, 6) is 0.303. The van der Waals surface area contributed by atoms with Crippen molar-refractivity contribution >= 4 is 21.8 Å². The van der Waals surface area contributed by atoms with Crippen molar-refractivity contribution in [3.05, 3.63) is 34.3 Å². The van der Waals surface area contributed by atoms with Gasteiger partial charge < -0.3 is 10.6 Å². The van der Waals surface area contributed by atoms with E-state index in [4.69, 9.17) is 5.73 Å². The number of nitrogens with zero attached hydrogens (tertiary/aromatic N) is 1. The third-order valence-electron chi connectivity index (χ3n) is 5.01. The van der Waals surface area contributed by atoms with Crippen LogP contribution in [0.4, 0.5) is 0 Å². The minimum Gasteiger partial charge on any atom is -0.340 e. The Morgan fingerprint density at radius 1 is 1.19 bits per heavy atom. The van der Waals surface area contributed by atoms with Gasteiger partial charge in [-0.1, -0.05) is 40.9 Å². The number of halogens is 1. The fraction of sp³-hybridized carbons (Fsp3) is 0.588. The Kier molecular flexibility index (Phi) is 4.36. The second-order valence-electron chi connectivity index (χ2n) is 6.45. The highest BCUT2D eigenvalue weighted by atomic mass is 79.9. The molecule has 3 nitrogen and oxygen atoms in total. The number of amides is 1. The zero-order valence-electron chi connectivity index (χ0n) is 12.4. The SMILES string of the molecule is NC1CCCN(C(=O)C2(c3ccc(Br)cc3)CCCC2)C1. The van der Waals surface area contributed by atoms with Crippen LogP contribution in [0, 0.1) is 0 Å². The van der Waals surface area contributed by atoms with Gasteiger partial charge in [0.25, 0.3) is 0 Å². The number of hydrogen-bond acceptors (Lipinski definition) is 2. The lowest BCUT2D eigenvalue weighted by Crippen LogP contribution is -2.52. The van der Waals surface area contributed by atoms with Crippen molar-refractivity contribution in [2.24, 2.45) is 5.73 Å². The molecule has 2 N–H and O–H groups in total. The van der Waals surface area contributed by atoms with E-state index in [1.165, 1.54) is 5.56 Å². The smallest absolute Gasteiger partial charge is 0.233 e. The third kappa shape index (κ3) is 2.88. The quantitative estimate of drug-likeness (QED) is 0.889. The molecule has 0 radical (unpaired) electrons. The van der Waals surface area contributed by atoms with Crippen molar-refractivity contribution in [3.63, 3.8) is 0 Å². The zero-order valence-corrected chi connectivity index (χ0v) is 13.9. The zero-order chi connectivity index (χ0) is 14.9. The normalized spacial score (nSPS) is 25.0. The highest BCUT2D eigenvalue weighted by Gasteiger charge is 2.45. The molecule has 1 atom stereocenters. The highest BCUT2D eigenvalue weighted by molar-refractivity contribution is 9.10. The van der Waals surface area contributed by atoms with Gasteiger partial charge in [-0.3, -0.25) is 4.79 Å². The van der Waals surface area contributed by atoms with E-state index in [9.17, 15) is 4.79 Å². The number of carbonyl (C=O) groups is 1. The van der Waals surface area contributed by atoms with E-state index >= 15 is 0 Å². The van der Waals surface area contributed by atoms with Gasteiger partial charge in [-0.05, 0) is 43.4 Å². The summed E-state index contributed by atoms with van der Waals surface area (Å²) in [4.78, 5) is 15.2. The monoisotopic (exact) mass is 350 g/mol. The van der Waals surface area contributed by atoms with E-state index in [2.05, 4.69) is 28.1 Å². The lowest BCUT2D eigenvalue weighted by atomic mass is 9.77. The van der Waals surface area contributed by atoms with Crippen molar-refractivity contribution in [2.45, 2.75) is 50.0 Å². The molecule has 21 heavy (non-hydrogen) atoms. The average molecular weight is 351 g/mol. The molecule has 4 heteroatoms. The molecule has 2 aliphatic rings. The van der Waals surface area contributed by atoms with Crippen LogP contribution in [0.15, 0.2) is 28.7 Å². The largest absolute Gasteiger partial charge is 0.340 e. The second kappa shape index (κ2) is 6.09. The summed E-state index contributed by atoms with van der Waals surface area (Å²) in [7, 11) is 0. The number of benzene rings is 1. The number of likely N-dealkylation sites (tertiary alicyclic amines) is 1. The van der Waals surface area contributed by atoms with Crippen LogP contribution >= 0.6 is 15.9 Å². The molecular weight excluding hydrogens is 328 g/mol. The first-order valence-corrected chi connectivity index (χ1v) is 8.72. The molecule has 0 bridgehead atoms. The Hall–Kier alpha value is -0.870. The molecule has 2 fully saturated rings. The minimum absolute atomic E-state index is 0.145. The number of nitrogens with two attached hydrogens (primary N) is 1. The number of rotatable bonds is 2. The Balaban J connectivity index is 1.89. The maximum absolute atomic E-state index is 13.2. The van der Waals surface area contributed by atoms with Gasteiger partial charge in [-0.15, -0.1) is 0 Å². The molecule has 1 saturated heterocycles. The molecule has 1 aromatic rings. The average Bonchev–Trinajstić information content (AvgIpc) is 2.98. The van der Waals surface area contributed by atoms with Gasteiger partial charge in [0.05, 0.1) is 5.41 Å². The number of piperidine rings is 1. The van der Waals surface area contributed by atoms with Gasteiger partial charge >= 0.3 is 0 Å². The summed E-state index contributed by atoms with van der Waals surface area (Å²) in [6.07, 6.45) is 6.29. The summed E-state index contributed by atoms with van der Waals surface area (Å²) in [6.45, 7) is 1.59. The molecule has 1 amide bonds. The van der Waals surface area contributed by atoms with Crippen molar-refractivity contribution in [3.8, 4) is 0 Å². The van der Waals surface area contributed by atoms with Crippen LogP contribution in [-0.2, 0) is 10.2 Å². The van der Waals surface area contributed by atoms with Gasteiger partial charge in [0.15, 0.2) is 0 Å². The maximum atomic E-state index is 13.2. The standard InChI is InChI=1S/C17H23BrN2O/c18-14-7-5-13(6-8-14)17(9-1-2-10-17)16(21)20-11-3-4-15(19)12-20/h5-8,15H,1-4,9-12,19H2. The van der Waals surface area contributed by atoms with Crippen molar-refractivity contribution in [1.82, 2.24) is 4.90 Å². The molecule has 0 spiro atoms. The van der Waals surface area contributed by atoms with Crippen molar-refractivity contribution in [2.75, 3.05) is 13.1 Å². The highest BCUT2D eigenvalue weighted by Crippen LogP contribution is 2.43. The van der Waals surface area contributed by atoms with Crippen LogP contribution in [0.2, 0.25) is 0 Å². The van der Waals surface area contributed by atoms with Crippen molar-refractivity contribution in [1.29, 1.82) is 0 Å². The maximum Gasteiger partial charge on any atom is 0.233 e. The number of carbonyl (C=O) groups excluding carboxylic acids is 1. The van der Waals surface area contributed by atoms with Gasteiger partial charge in [0, 0.05) is 23.6 Å². The lowest BCUT2D eigenvalue weighted by Gasteiger charge is -2.38. The molecule has 1 unspecified atom stereocenters. The minimum atomic E-state index is -0.308. The van der Waals surface area contributed by atoms with Crippen molar-refractivity contribution < 1.29 is 4.79 Å². The molecule has 1 aliphatic heterocycles. The lowest BCUT2D eigenvalue weighted by molar-refractivity contribution is -0.138. The Morgan fingerprint density at radius 2 is 1.86 bits per heavy atom. The van der Waals surface area contributed by atoms with E-state index in [1.807, 2.05) is 17.0 Å². The van der Waals surface area contributed by atoms with E-state index in [0.717, 1.165) is 56.1 Å². The van der Waals surface area contributed by atoms with Crippen LogP contribution in [0.3, 0.4) is 0 Å². The van der Waals surface area contributed by atoms with Crippen LogP contribution < -0.4 is 5.73 Å². The summed E-state index contributed by atoms with van der Waals surface area (Å²) < 4.78 is 1.06. The van der Waals surface area contributed by atoms with E-state index in [-0.39, 0.29) is 11.5 Å². The Labute approximate surface area is 135 Å². The predicted octanol–water partition coefficient (Wildman–Crippen LogP) is 3.21. The Morgan fingerprint density at radius 3 is 2.48 bits per heavy atom. The fourth-order valence-corrected chi connectivity index (χ4v) is 4.13. The van der Waals surface area contributed by atoms with E-state index in [1.54, 1.807) is 0 Å². The first kappa shape index (κ1) is 15.0. The van der Waals surface area contributed by atoms with Gasteiger partial charge in [-0.25, -0.2) is 0 Å². The van der Waals surface area contributed by atoms with Crippen LogP contribution in [0.25, 0.3) is 0 Å². The van der Waals surface area contributed by atoms with Crippen LogP contribution in [-0.4, -0.2) is 29.9 Å². The van der Waals surface area contributed by atoms with E-state index < -0.39 is 0 Å². The fourth-order valence-electron chi connectivity index (χ4n) is 3.87. The first-order valence-electron chi connectivity index (χ1n) is 7.93. The number of hydrogen-bond donors (Lipinski definition) is 1. The molecule has 0 aromatic heterocycles. The van der Waals surface area contributed by atoms with Gasteiger partial charge in [0.1, 0.15) is 0 Å². The van der Waals surface area contributed by atoms with E-state index in [0.29, 0.717) is 5.91 Å². The summed E-state index contributed by atoms with van der Waals surface area (Å²) in [6, 6.07) is 8.45. The van der Waals surface area contributed by atoms with Crippen LogP contribution in [0.1, 0.15) is 44.1 Å². The first-order chi connectivity index (χ1) is 10.1. The summed E-state index contributed by atoms with van der Waals surface area (Å²) in [5, 5.41) is 0. The molecule has 114 valence electrons. The summed E-state index contributed by atoms with van der Waals surface area (Å²) >= 11 is 3.48. The molecular formula is C17H23BrN2O. The topological polar surface area (TPSA) is 46.3 Å². The van der Waals surface area contributed by atoms with Crippen LogP contribution in [0.5, 0.6) is 0 Å². The van der Waals surface area contributed by atoms with Gasteiger partial charge in [0.2, 0.25) is 5.91 Å². The predicted molar refractivity (Wildman–Crippen MR) is 88.1 cm³/mol. The Bertz CT molecular complexity index is 508. The summed E-state index contributed by atoms with van der Waals surface area (Å²) in [5.41, 5.74) is 6.93. The molecule has 3 rings (SSSR count). The molecule has 1 aliphatic carbocycles. The molecule has 1 saturated carbocycles. The second-order valence-corrected chi connectivity index (χ2v) is 7.37. The molecule has 1 heterocycles. The molecule has 1 aromatic carbocycles. The third-order valence-corrected chi connectivity index (χ3v) is 5.54. The van der Waals surface area contributed by atoms with Gasteiger partial charge in [-0.2, -0.15) is 0 Å².